The zero-order valence-corrected chi connectivity index (χ0v) is 12.4. The van der Waals surface area contributed by atoms with Gasteiger partial charge in [-0.1, -0.05) is 0 Å². The van der Waals surface area contributed by atoms with E-state index in [-0.39, 0.29) is 5.91 Å². The van der Waals surface area contributed by atoms with E-state index in [1.165, 1.54) is 12.5 Å². The van der Waals surface area contributed by atoms with Crippen molar-refractivity contribution in [2.45, 2.75) is 0 Å². The lowest BCUT2D eigenvalue weighted by Gasteiger charge is -2.08. The van der Waals surface area contributed by atoms with Crippen LogP contribution >= 0.6 is 0 Å². The first-order valence-corrected chi connectivity index (χ1v) is 7.20. The minimum atomic E-state index is -0.143. The minimum Gasteiger partial charge on any atom is -0.368 e. The van der Waals surface area contributed by atoms with Crippen molar-refractivity contribution in [1.29, 1.82) is 0 Å². The summed E-state index contributed by atoms with van der Waals surface area (Å²) in [7, 11) is 0. The van der Waals surface area contributed by atoms with Crippen molar-refractivity contribution in [2.75, 3.05) is 18.4 Å². The fourth-order valence-electron chi connectivity index (χ4n) is 2.04. The van der Waals surface area contributed by atoms with Gasteiger partial charge in [-0.15, -0.1) is 0 Å². The van der Waals surface area contributed by atoms with Crippen molar-refractivity contribution in [3.63, 3.8) is 0 Å². The molecule has 3 rings (SSSR count). The average Bonchev–Trinajstić information content (AvgIpc) is 3.14. The standard InChI is InChI=1S/C16H16N6O/c23-16(13-4-3-5-17-11-13)19-7-6-18-14-10-15(21-12-20-14)22-8-1-2-9-22/h1-5,8-12H,6-7H2,(H,19,23)(H,18,20,21). The number of nitrogens with zero attached hydrogens (tertiary/aromatic N) is 4. The van der Waals surface area contributed by atoms with Crippen LogP contribution < -0.4 is 10.6 Å². The van der Waals surface area contributed by atoms with Crippen molar-refractivity contribution >= 4 is 11.7 Å². The molecule has 23 heavy (non-hydrogen) atoms. The summed E-state index contributed by atoms with van der Waals surface area (Å²) in [4.78, 5) is 24.2. The van der Waals surface area contributed by atoms with Gasteiger partial charge < -0.3 is 15.2 Å². The molecule has 0 unspecified atom stereocenters. The van der Waals surface area contributed by atoms with Crippen LogP contribution in [0.5, 0.6) is 0 Å². The van der Waals surface area contributed by atoms with Crippen LogP contribution in [-0.2, 0) is 0 Å². The number of anilines is 1. The van der Waals surface area contributed by atoms with Crippen molar-refractivity contribution in [3.8, 4) is 5.82 Å². The number of amides is 1. The van der Waals surface area contributed by atoms with Crippen LogP contribution in [0.4, 0.5) is 5.82 Å². The van der Waals surface area contributed by atoms with Crippen molar-refractivity contribution in [3.05, 3.63) is 67.0 Å². The van der Waals surface area contributed by atoms with Crippen LogP contribution in [-0.4, -0.2) is 38.5 Å². The number of pyridine rings is 1. The van der Waals surface area contributed by atoms with Gasteiger partial charge in [-0.2, -0.15) is 0 Å². The lowest BCUT2D eigenvalue weighted by molar-refractivity contribution is 0.0955. The Labute approximate surface area is 133 Å². The third-order valence-electron chi connectivity index (χ3n) is 3.16. The van der Waals surface area contributed by atoms with Gasteiger partial charge in [0.2, 0.25) is 0 Å². The van der Waals surface area contributed by atoms with E-state index in [9.17, 15) is 4.79 Å². The summed E-state index contributed by atoms with van der Waals surface area (Å²) in [5.74, 6) is 1.35. The van der Waals surface area contributed by atoms with Gasteiger partial charge in [0.25, 0.3) is 5.91 Å². The Hall–Kier alpha value is -3.22. The molecule has 3 aromatic rings. The second-order valence-corrected chi connectivity index (χ2v) is 4.78. The van der Waals surface area contributed by atoms with Gasteiger partial charge in [-0.25, -0.2) is 9.97 Å². The maximum Gasteiger partial charge on any atom is 0.252 e. The van der Waals surface area contributed by atoms with Crippen LogP contribution in [0, 0.1) is 0 Å². The molecule has 0 saturated carbocycles. The SMILES string of the molecule is O=C(NCCNc1cc(-n2cccc2)ncn1)c1cccnc1. The summed E-state index contributed by atoms with van der Waals surface area (Å²) in [6.45, 7) is 1.05. The zero-order chi connectivity index (χ0) is 15.9. The molecule has 0 fully saturated rings. The second-order valence-electron chi connectivity index (χ2n) is 4.78. The van der Waals surface area contributed by atoms with E-state index < -0.39 is 0 Å². The average molecular weight is 308 g/mol. The van der Waals surface area contributed by atoms with E-state index in [0.29, 0.717) is 24.5 Å². The maximum atomic E-state index is 11.9. The highest BCUT2D eigenvalue weighted by atomic mass is 16.1. The Bertz CT molecular complexity index is 757. The minimum absolute atomic E-state index is 0.143. The molecule has 0 atom stereocenters. The monoisotopic (exact) mass is 308 g/mol. The lowest BCUT2D eigenvalue weighted by atomic mass is 10.3. The molecule has 0 aliphatic rings. The summed E-state index contributed by atoms with van der Waals surface area (Å²) < 4.78 is 1.90. The molecule has 0 aromatic carbocycles. The van der Waals surface area contributed by atoms with E-state index in [1.54, 1.807) is 18.3 Å². The molecule has 116 valence electrons. The fraction of sp³-hybridized carbons (Fsp3) is 0.125. The number of aromatic nitrogens is 4. The predicted octanol–water partition coefficient (Wildman–Crippen LogP) is 1.50. The van der Waals surface area contributed by atoms with Gasteiger partial charge in [0, 0.05) is 43.9 Å². The van der Waals surface area contributed by atoms with Crippen molar-refractivity contribution in [2.24, 2.45) is 0 Å². The highest BCUT2D eigenvalue weighted by Crippen LogP contribution is 2.08. The van der Waals surface area contributed by atoms with Gasteiger partial charge >= 0.3 is 0 Å². The van der Waals surface area contributed by atoms with Crippen LogP contribution in [0.1, 0.15) is 10.4 Å². The summed E-state index contributed by atoms with van der Waals surface area (Å²) >= 11 is 0. The Kier molecular flexibility index (Phi) is 4.58. The molecule has 0 spiro atoms. The number of carbonyl (C=O) groups is 1. The first kappa shape index (κ1) is 14.7. The van der Waals surface area contributed by atoms with Crippen molar-refractivity contribution in [1.82, 2.24) is 24.8 Å². The molecule has 3 heterocycles. The Morgan fingerprint density at radius 2 is 2.00 bits per heavy atom. The highest BCUT2D eigenvalue weighted by Gasteiger charge is 2.04. The van der Waals surface area contributed by atoms with E-state index in [4.69, 9.17) is 0 Å². The van der Waals surface area contributed by atoms with Gasteiger partial charge in [0.1, 0.15) is 18.0 Å². The smallest absolute Gasteiger partial charge is 0.252 e. The maximum absolute atomic E-state index is 11.9. The van der Waals surface area contributed by atoms with E-state index in [0.717, 1.165) is 5.82 Å². The molecule has 0 aliphatic carbocycles. The summed E-state index contributed by atoms with van der Waals surface area (Å²) in [5, 5.41) is 5.98. The molecule has 3 aromatic heterocycles. The van der Waals surface area contributed by atoms with Gasteiger partial charge in [0.15, 0.2) is 0 Å². The molecule has 0 aliphatic heterocycles. The zero-order valence-electron chi connectivity index (χ0n) is 12.4. The van der Waals surface area contributed by atoms with E-state index in [1.807, 2.05) is 35.2 Å². The Morgan fingerprint density at radius 3 is 2.78 bits per heavy atom. The third-order valence-corrected chi connectivity index (χ3v) is 3.16. The molecule has 0 saturated heterocycles. The lowest BCUT2D eigenvalue weighted by Crippen LogP contribution is -2.28. The van der Waals surface area contributed by atoms with Gasteiger partial charge in [-0.3, -0.25) is 9.78 Å². The van der Waals surface area contributed by atoms with Crippen molar-refractivity contribution < 1.29 is 4.79 Å². The fourth-order valence-corrected chi connectivity index (χ4v) is 2.04. The predicted molar refractivity (Wildman–Crippen MR) is 86.4 cm³/mol. The topological polar surface area (TPSA) is 84.7 Å². The van der Waals surface area contributed by atoms with Crippen LogP contribution in [0.2, 0.25) is 0 Å². The highest BCUT2D eigenvalue weighted by molar-refractivity contribution is 5.93. The molecule has 0 bridgehead atoms. The first-order chi connectivity index (χ1) is 11.3. The quantitative estimate of drug-likeness (QED) is 0.674. The summed E-state index contributed by atoms with van der Waals surface area (Å²) in [5.41, 5.74) is 0.546. The molecular formula is C16H16N6O. The molecule has 2 N–H and O–H groups in total. The van der Waals surface area contributed by atoms with Gasteiger partial charge in [0.05, 0.1) is 5.56 Å². The normalized spacial score (nSPS) is 10.3. The van der Waals surface area contributed by atoms with Gasteiger partial charge in [-0.05, 0) is 24.3 Å². The van der Waals surface area contributed by atoms with Crippen LogP contribution in [0.3, 0.4) is 0 Å². The van der Waals surface area contributed by atoms with Crippen LogP contribution in [0.15, 0.2) is 61.4 Å². The largest absolute Gasteiger partial charge is 0.368 e. The van der Waals surface area contributed by atoms with Crippen LogP contribution in [0.25, 0.3) is 5.82 Å². The molecule has 7 heteroatoms. The van der Waals surface area contributed by atoms with E-state index >= 15 is 0 Å². The third kappa shape index (κ3) is 3.91. The Balaban J connectivity index is 1.49. The first-order valence-electron chi connectivity index (χ1n) is 7.20. The number of carbonyl (C=O) groups excluding carboxylic acids is 1. The van der Waals surface area contributed by atoms with E-state index in [2.05, 4.69) is 25.6 Å². The number of rotatable bonds is 6. The molecule has 1 amide bonds. The summed E-state index contributed by atoms with van der Waals surface area (Å²) in [6.07, 6.45) is 8.51. The number of hydrogen-bond donors (Lipinski definition) is 2. The molecular weight excluding hydrogens is 292 g/mol. The number of hydrogen-bond acceptors (Lipinski definition) is 5. The molecule has 7 nitrogen and oxygen atoms in total. The Morgan fingerprint density at radius 1 is 1.13 bits per heavy atom. The molecule has 0 radical (unpaired) electrons. The summed E-state index contributed by atoms with van der Waals surface area (Å²) in [6, 6.07) is 9.18. The second kappa shape index (κ2) is 7.17. The number of nitrogens with one attached hydrogen (secondary N) is 2.